The number of hydrogen-bond acceptors (Lipinski definition) is 3. The van der Waals surface area contributed by atoms with Crippen LogP contribution in [0, 0.1) is 13.8 Å². The Kier molecular flexibility index (Phi) is 4.98. The molecule has 136 valence electrons. The Hall–Kier alpha value is -2.82. The summed E-state index contributed by atoms with van der Waals surface area (Å²) in [7, 11) is 1.37. The van der Waals surface area contributed by atoms with Crippen molar-refractivity contribution in [3.63, 3.8) is 0 Å². The summed E-state index contributed by atoms with van der Waals surface area (Å²) in [5, 5.41) is 2.91. The molecule has 0 aromatic heterocycles. The summed E-state index contributed by atoms with van der Waals surface area (Å²) in [5.74, 6) is -0.372. The van der Waals surface area contributed by atoms with Crippen LogP contribution in [0.1, 0.15) is 30.4 Å². The van der Waals surface area contributed by atoms with E-state index in [2.05, 4.69) is 5.32 Å². The number of aryl methyl sites for hydroxylation is 2. The van der Waals surface area contributed by atoms with Gasteiger partial charge in [-0.2, -0.15) is 0 Å². The molecule has 0 saturated heterocycles. The second-order valence-corrected chi connectivity index (χ2v) is 6.84. The van der Waals surface area contributed by atoms with Crippen molar-refractivity contribution in [3.8, 4) is 0 Å². The number of urea groups is 1. The van der Waals surface area contributed by atoms with E-state index < -0.39 is 5.54 Å². The van der Waals surface area contributed by atoms with Gasteiger partial charge in [0.25, 0.3) is 0 Å². The minimum atomic E-state index is -0.946. The van der Waals surface area contributed by atoms with Gasteiger partial charge in [-0.3, -0.25) is 4.90 Å². The Labute approximate surface area is 154 Å². The van der Waals surface area contributed by atoms with E-state index in [9.17, 15) is 9.59 Å². The van der Waals surface area contributed by atoms with E-state index in [-0.39, 0.29) is 12.0 Å². The summed E-state index contributed by atoms with van der Waals surface area (Å²) < 4.78 is 5.04. The number of amides is 2. The van der Waals surface area contributed by atoms with Gasteiger partial charge in [-0.25, -0.2) is 9.59 Å². The van der Waals surface area contributed by atoms with E-state index in [1.807, 2.05) is 62.4 Å². The number of esters is 1. The molecule has 3 rings (SSSR count). The molecule has 0 unspecified atom stereocenters. The number of benzene rings is 2. The third-order valence-corrected chi connectivity index (χ3v) is 4.97. The highest BCUT2D eigenvalue weighted by Gasteiger charge is 2.53. The number of rotatable bonds is 4. The van der Waals surface area contributed by atoms with E-state index in [4.69, 9.17) is 4.74 Å². The number of hydrogen-bond donors (Lipinski definition) is 1. The molecule has 0 spiro atoms. The van der Waals surface area contributed by atoms with Crippen LogP contribution in [0.2, 0.25) is 0 Å². The first kappa shape index (κ1) is 18.0. The number of anilines is 2. The summed E-state index contributed by atoms with van der Waals surface area (Å²) in [5.41, 5.74) is 2.64. The van der Waals surface area contributed by atoms with E-state index in [1.54, 1.807) is 4.90 Å². The van der Waals surface area contributed by atoms with Gasteiger partial charge >= 0.3 is 12.0 Å². The summed E-state index contributed by atoms with van der Waals surface area (Å²) in [4.78, 5) is 27.3. The quantitative estimate of drug-likeness (QED) is 0.828. The molecule has 5 heteroatoms. The standard InChI is InChI=1S/C21H24N2O3/c1-15-5-9-17(10-6-15)22-20(25)23(18-11-7-16(2)8-12-18)21(13-4-14-21)19(24)26-3/h5-12H,4,13-14H2,1-3H3,(H,22,25). The average Bonchev–Trinajstić information content (AvgIpc) is 2.60. The van der Waals surface area contributed by atoms with Crippen molar-refractivity contribution in [3.05, 3.63) is 59.7 Å². The summed E-state index contributed by atoms with van der Waals surface area (Å²) in [6.07, 6.45) is 2.07. The molecule has 2 aromatic rings. The summed E-state index contributed by atoms with van der Waals surface area (Å²) >= 11 is 0. The fourth-order valence-electron chi connectivity index (χ4n) is 3.29. The second-order valence-electron chi connectivity index (χ2n) is 6.84. The highest BCUT2D eigenvalue weighted by Crippen LogP contribution is 2.42. The minimum absolute atomic E-state index is 0.331. The molecule has 26 heavy (non-hydrogen) atoms. The molecule has 1 aliphatic carbocycles. The fraction of sp³-hybridized carbons (Fsp3) is 0.333. The Morgan fingerprint density at radius 2 is 1.50 bits per heavy atom. The van der Waals surface area contributed by atoms with Crippen molar-refractivity contribution < 1.29 is 14.3 Å². The van der Waals surface area contributed by atoms with Crippen LogP contribution in [0.5, 0.6) is 0 Å². The van der Waals surface area contributed by atoms with E-state index >= 15 is 0 Å². The average molecular weight is 352 g/mol. The smallest absolute Gasteiger partial charge is 0.332 e. The van der Waals surface area contributed by atoms with Gasteiger partial charge in [0, 0.05) is 11.4 Å². The summed E-state index contributed by atoms with van der Waals surface area (Å²) in [6, 6.07) is 14.9. The van der Waals surface area contributed by atoms with Crippen molar-refractivity contribution in [2.75, 3.05) is 17.3 Å². The zero-order valence-electron chi connectivity index (χ0n) is 15.4. The number of carbonyl (C=O) groups is 2. The molecule has 0 radical (unpaired) electrons. The van der Waals surface area contributed by atoms with Crippen LogP contribution in [0.3, 0.4) is 0 Å². The van der Waals surface area contributed by atoms with Crippen molar-refractivity contribution in [1.29, 1.82) is 0 Å². The maximum Gasteiger partial charge on any atom is 0.332 e. The van der Waals surface area contributed by atoms with Gasteiger partial charge < -0.3 is 10.1 Å². The maximum absolute atomic E-state index is 13.1. The van der Waals surface area contributed by atoms with E-state index in [0.29, 0.717) is 24.2 Å². The predicted molar refractivity (Wildman–Crippen MR) is 102 cm³/mol. The van der Waals surface area contributed by atoms with Gasteiger partial charge in [-0.05, 0) is 57.4 Å². The summed E-state index contributed by atoms with van der Waals surface area (Å²) in [6.45, 7) is 3.98. The van der Waals surface area contributed by atoms with Crippen LogP contribution in [-0.2, 0) is 9.53 Å². The number of carbonyl (C=O) groups excluding carboxylic acids is 2. The Bertz CT molecular complexity index is 793. The monoisotopic (exact) mass is 352 g/mol. The van der Waals surface area contributed by atoms with Crippen LogP contribution in [0.15, 0.2) is 48.5 Å². The number of nitrogens with one attached hydrogen (secondary N) is 1. The fourth-order valence-corrected chi connectivity index (χ4v) is 3.29. The molecule has 2 aromatic carbocycles. The van der Waals surface area contributed by atoms with Crippen LogP contribution in [0.4, 0.5) is 16.2 Å². The van der Waals surface area contributed by atoms with Gasteiger partial charge in [0.05, 0.1) is 7.11 Å². The van der Waals surface area contributed by atoms with Crippen LogP contribution < -0.4 is 10.2 Å². The lowest BCUT2D eigenvalue weighted by atomic mass is 9.75. The molecule has 0 aliphatic heterocycles. The SMILES string of the molecule is COC(=O)C1(N(C(=O)Nc2ccc(C)cc2)c2ccc(C)cc2)CCC1. The lowest BCUT2D eigenvalue weighted by Gasteiger charge is -2.47. The molecule has 0 atom stereocenters. The van der Waals surface area contributed by atoms with Gasteiger partial charge in [0.2, 0.25) is 0 Å². The minimum Gasteiger partial charge on any atom is -0.467 e. The van der Waals surface area contributed by atoms with Crippen LogP contribution in [-0.4, -0.2) is 24.6 Å². The van der Waals surface area contributed by atoms with Crippen LogP contribution >= 0.6 is 0 Å². The van der Waals surface area contributed by atoms with Crippen molar-refractivity contribution in [2.24, 2.45) is 0 Å². The van der Waals surface area contributed by atoms with Crippen LogP contribution in [0.25, 0.3) is 0 Å². The molecule has 0 bridgehead atoms. The first-order valence-corrected chi connectivity index (χ1v) is 8.79. The third kappa shape index (κ3) is 3.29. The Morgan fingerprint density at radius 3 is 1.96 bits per heavy atom. The second kappa shape index (κ2) is 7.20. The molecule has 1 saturated carbocycles. The van der Waals surface area contributed by atoms with Gasteiger partial charge in [0.15, 0.2) is 0 Å². The topological polar surface area (TPSA) is 58.6 Å². The zero-order chi connectivity index (χ0) is 18.7. The molecule has 1 fully saturated rings. The van der Waals surface area contributed by atoms with E-state index in [0.717, 1.165) is 17.5 Å². The zero-order valence-corrected chi connectivity index (χ0v) is 15.4. The molecular weight excluding hydrogens is 328 g/mol. The highest BCUT2D eigenvalue weighted by atomic mass is 16.5. The van der Waals surface area contributed by atoms with Crippen molar-refractivity contribution >= 4 is 23.4 Å². The number of methoxy groups -OCH3 is 1. The lowest BCUT2D eigenvalue weighted by molar-refractivity contribution is -0.150. The van der Waals surface area contributed by atoms with Crippen molar-refractivity contribution in [2.45, 2.75) is 38.6 Å². The Balaban J connectivity index is 1.97. The Morgan fingerprint density at radius 1 is 0.962 bits per heavy atom. The molecule has 5 nitrogen and oxygen atoms in total. The largest absolute Gasteiger partial charge is 0.467 e. The molecular formula is C21H24N2O3. The lowest BCUT2D eigenvalue weighted by Crippen LogP contribution is -2.63. The number of ether oxygens (including phenoxy) is 1. The molecule has 0 heterocycles. The third-order valence-electron chi connectivity index (χ3n) is 4.97. The first-order chi connectivity index (χ1) is 12.5. The molecule has 1 N–H and O–H groups in total. The van der Waals surface area contributed by atoms with Gasteiger partial charge in [0.1, 0.15) is 5.54 Å². The van der Waals surface area contributed by atoms with Crippen molar-refractivity contribution in [1.82, 2.24) is 0 Å². The highest BCUT2D eigenvalue weighted by molar-refractivity contribution is 6.07. The normalized spacial score (nSPS) is 14.9. The predicted octanol–water partition coefficient (Wildman–Crippen LogP) is 4.44. The number of nitrogens with zero attached hydrogens (tertiary/aromatic N) is 1. The maximum atomic E-state index is 13.1. The van der Waals surface area contributed by atoms with E-state index in [1.165, 1.54) is 7.11 Å². The molecule has 1 aliphatic rings. The molecule has 2 amide bonds. The van der Waals surface area contributed by atoms with Gasteiger partial charge in [-0.1, -0.05) is 35.4 Å². The first-order valence-electron chi connectivity index (χ1n) is 8.79. The van der Waals surface area contributed by atoms with Gasteiger partial charge in [-0.15, -0.1) is 0 Å².